The van der Waals surface area contributed by atoms with Crippen LogP contribution in [0, 0.1) is 18.7 Å². The SMILES string of the molecule is Cc1ccc(F)cc1-c1cc2n(c(=O)c1)C[C@@H]1CNC[C@H]2C1. The molecule has 1 N–H and O–H groups in total. The van der Waals surface area contributed by atoms with Gasteiger partial charge in [-0.25, -0.2) is 4.39 Å². The third-order valence-corrected chi connectivity index (χ3v) is 4.97. The van der Waals surface area contributed by atoms with Crippen LogP contribution in [0.25, 0.3) is 11.1 Å². The fraction of sp³-hybridized carbons (Fsp3) is 0.389. The molecule has 0 unspecified atom stereocenters. The standard InChI is InChI=1S/C18H19FN2O/c1-11-2-3-15(19)7-16(11)13-5-17-14-4-12(8-20-9-14)10-21(17)18(22)6-13/h2-3,5-7,12,14,20H,4,8-10H2,1H3/t12-,14+/m0/s1. The van der Waals surface area contributed by atoms with Crippen molar-refractivity contribution in [3.63, 3.8) is 0 Å². The minimum atomic E-state index is -0.266. The highest BCUT2D eigenvalue weighted by Gasteiger charge is 2.31. The van der Waals surface area contributed by atoms with E-state index in [-0.39, 0.29) is 11.4 Å². The summed E-state index contributed by atoms with van der Waals surface area (Å²) < 4.78 is 15.5. The number of hydrogen-bond donors (Lipinski definition) is 1. The number of aromatic nitrogens is 1. The molecule has 0 spiro atoms. The number of halogens is 1. The normalized spacial score (nSPS) is 23.2. The summed E-state index contributed by atoms with van der Waals surface area (Å²) in [6, 6.07) is 8.47. The first-order valence-electron chi connectivity index (χ1n) is 7.84. The second-order valence-corrected chi connectivity index (χ2v) is 6.53. The number of nitrogens with zero attached hydrogens (tertiary/aromatic N) is 1. The first kappa shape index (κ1) is 13.7. The predicted octanol–water partition coefficient (Wildman–Crippen LogP) is 2.67. The molecule has 2 atom stereocenters. The summed E-state index contributed by atoms with van der Waals surface area (Å²) in [5.74, 6) is 0.664. The smallest absolute Gasteiger partial charge is 0.251 e. The van der Waals surface area contributed by atoms with Crippen LogP contribution in [-0.4, -0.2) is 17.7 Å². The quantitative estimate of drug-likeness (QED) is 0.878. The van der Waals surface area contributed by atoms with Crippen LogP contribution in [-0.2, 0) is 6.54 Å². The molecule has 2 aromatic rings. The lowest BCUT2D eigenvalue weighted by atomic mass is 9.83. The summed E-state index contributed by atoms with van der Waals surface area (Å²) >= 11 is 0. The van der Waals surface area contributed by atoms with Crippen molar-refractivity contribution in [2.24, 2.45) is 5.92 Å². The number of aryl methyl sites for hydroxylation is 1. The molecule has 3 nitrogen and oxygen atoms in total. The lowest BCUT2D eigenvalue weighted by Crippen LogP contribution is -2.44. The minimum absolute atomic E-state index is 0.0350. The van der Waals surface area contributed by atoms with Crippen LogP contribution < -0.4 is 10.9 Å². The van der Waals surface area contributed by atoms with E-state index in [4.69, 9.17) is 0 Å². The maximum atomic E-state index is 13.6. The van der Waals surface area contributed by atoms with Crippen molar-refractivity contribution < 1.29 is 4.39 Å². The summed E-state index contributed by atoms with van der Waals surface area (Å²) in [7, 11) is 0. The van der Waals surface area contributed by atoms with Crippen LogP contribution in [0.1, 0.15) is 23.6 Å². The Bertz CT molecular complexity index is 796. The number of benzene rings is 1. The second-order valence-electron chi connectivity index (χ2n) is 6.53. The molecule has 0 aliphatic carbocycles. The van der Waals surface area contributed by atoms with Gasteiger partial charge in [0, 0.05) is 30.8 Å². The number of nitrogens with one attached hydrogen (secondary N) is 1. The van der Waals surface area contributed by atoms with Crippen molar-refractivity contribution in [3.8, 4) is 11.1 Å². The Morgan fingerprint density at radius 2 is 2.09 bits per heavy atom. The van der Waals surface area contributed by atoms with Crippen molar-refractivity contribution >= 4 is 0 Å². The third-order valence-electron chi connectivity index (χ3n) is 4.97. The van der Waals surface area contributed by atoms with E-state index >= 15 is 0 Å². The van der Waals surface area contributed by atoms with Gasteiger partial charge in [0.25, 0.3) is 5.56 Å². The monoisotopic (exact) mass is 298 g/mol. The second kappa shape index (κ2) is 5.06. The molecular formula is C18H19FN2O. The summed E-state index contributed by atoms with van der Waals surface area (Å²) in [6.45, 7) is 4.65. The summed E-state index contributed by atoms with van der Waals surface area (Å²) in [5, 5.41) is 3.45. The Hall–Kier alpha value is -1.94. The van der Waals surface area contributed by atoms with Gasteiger partial charge in [0.15, 0.2) is 0 Å². The molecule has 4 rings (SSSR count). The molecule has 1 aromatic heterocycles. The molecule has 0 saturated carbocycles. The first-order valence-corrected chi connectivity index (χ1v) is 7.84. The molecule has 1 saturated heterocycles. The van der Waals surface area contributed by atoms with Crippen LogP contribution in [0.5, 0.6) is 0 Å². The zero-order valence-electron chi connectivity index (χ0n) is 12.6. The third kappa shape index (κ3) is 2.18. The zero-order chi connectivity index (χ0) is 15.3. The average Bonchev–Trinajstić information content (AvgIpc) is 2.51. The Kier molecular flexibility index (Phi) is 3.15. The summed E-state index contributed by atoms with van der Waals surface area (Å²) in [6.07, 6.45) is 1.14. The highest BCUT2D eigenvalue weighted by molar-refractivity contribution is 5.67. The molecule has 2 bridgehead atoms. The highest BCUT2D eigenvalue weighted by Crippen LogP contribution is 2.34. The molecule has 0 radical (unpaired) electrons. The van der Waals surface area contributed by atoms with E-state index in [0.717, 1.165) is 48.4 Å². The van der Waals surface area contributed by atoms with E-state index in [1.165, 1.54) is 12.1 Å². The molecule has 2 aliphatic heterocycles. The lowest BCUT2D eigenvalue weighted by molar-refractivity contribution is 0.257. The van der Waals surface area contributed by atoms with Crippen LogP contribution in [0.15, 0.2) is 35.1 Å². The molecule has 1 fully saturated rings. The maximum Gasteiger partial charge on any atom is 0.251 e. The fourth-order valence-corrected chi connectivity index (χ4v) is 3.86. The van der Waals surface area contributed by atoms with Gasteiger partial charge in [0.2, 0.25) is 0 Å². The zero-order valence-corrected chi connectivity index (χ0v) is 12.6. The Balaban J connectivity index is 1.88. The van der Waals surface area contributed by atoms with Gasteiger partial charge in [-0.2, -0.15) is 0 Å². The van der Waals surface area contributed by atoms with E-state index in [0.29, 0.717) is 11.8 Å². The van der Waals surface area contributed by atoms with Gasteiger partial charge in [-0.3, -0.25) is 4.79 Å². The largest absolute Gasteiger partial charge is 0.316 e. The van der Waals surface area contributed by atoms with Crippen LogP contribution >= 0.6 is 0 Å². The highest BCUT2D eigenvalue weighted by atomic mass is 19.1. The number of rotatable bonds is 1. The topological polar surface area (TPSA) is 34.0 Å². The van der Waals surface area contributed by atoms with Crippen molar-refractivity contribution in [2.45, 2.75) is 25.8 Å². The molecular weight excluding hydrogens is 279 g/mol. The average molecular weight is 298 g/mol. The minimum Gasteiger partial charge on any atom is -0.316 e. The van der Waals surface area contributed by atoms with Gasteiger partial charge in [-0.15, -0.1) is 0 Å². The molecule has 1 aromatic carbocycles. The molecule has 2 aliphatic rings. The molecule has 3 heterocycles. The van der Waals surface area contributed by atoms with E-state index < -0.39 is 0 Å². The molecule has 114 valence electrons. The van der Waals surface area contributed by atoms with Gasteiger partial charge in [0.1, 0.15) is 5.82 Å². The van der Waals surface area contributed by atoms with E-state index in [9.17, 15) is 9.18 Å². The lowest BCUT2D eigenvalue weighted by Gasteiger charge is -2.37. The summed E-state index contributed by atoms with van der Waals surface area (Å²) in [5.41, 5.74) is 3.76. The van der Waals surface area contributed by atoms with Crippen molar-refractivity contribution in [1.29, 1.82) is 0 Å². The van der Waals surface area contributed by atoms with Crippen LogP contribution in [0.3, 0.4) is 0 Å². The van der Waals surface area contributed by atoms with Crippen molar-refractivity contribution in [1.82, 2.24) is 9.88 Å². The Morgan fingerprint density at radius 1 is 1.23 bits per heavy atom. The van der Waals surface area contributed by atoms with Gasteiger partial charge < -0.3 is 9.88 Å². The molecule has 22 heavy (non-hydrogen) atoms. The van der Waals surface area contributed by atoms with Gasteiger partial charge in [-0.1, -0.05) is 6.07 Å². The number of fused-ring (bicyclic) bond motifs is 4. The van der Waals surface area contributed by atoms with Crippen molar-refractivity contribution in [2.75, 3.05) is 13.1 Å². The fourth-order valence-electron chi connectivity index (χ4n) is 3.86. The van der Waals surface area contributed by atoms with Crippen LogP contribution in [0.2, 0.25) is 0 Å². The first-order chi connectivity index (χ1) is 10.6. The molecule has 0 amide bonds. The predicted molar refractivity (Wildman–Crippen MR) is 84.6 cm³/mol. The van der Waals surface area contributed by atoms with Gasteiger partial charge >= 0.3 is 0 Å². The number of pyridine rings is 1. The maximum absolute atomic E-state index is 13.6. The van der Waals surface area contributed by atoms with E-state index in [2.05, 4.69) is 11.4 Å². The van der Waals surface area contributed by atoms with E-state index in [1.807, 2.05) is 11.5 Å². The van der Waals surface area contributed by atoms with Crippen molar-refractivity contribution in [3.05, 3.63) is 57.8 Å². The van der Waals surface area contributed by atoms with Gasteiger partial charge in [-0.05, 0) is 60.7 Å². The van der Waals surface area contributed by atoms with Crippen LogP contribution in [0.4, 0.5) is 4.39 Å². The number of piperidine rings is 1. The Labute approximate surface area is 128 Å². The summed E-state index contributed by atoms with van der Waals surface area (Å²) in [4.78, 5) is 12.5. The van der Waals surface area contributed by atoms with E-state index in [1.54, 1.807) is 12.1 Å². The number of hydrogen-bond acceptors (Lipinski definition) is 2. The molecule has 4 heteroatoms. The Morgan fingerprint density at radius 3 is 2.95 bits per heavy atom. The van der Waals surface area contributed by atoms with Gasteiger partial charge in [0.05, 0.1) is 0 Å².